The number of carbonyl (C=O) groups excluding carboxylic acids is 1. The molecule has 0 bridgehead atoms. The molecule has 0 N–H and O–H groups in total. The van der Waals surface area contributed by atoms with Crippen LogP contribution in [0.3, 0.4) is 0 Å². The van der Waals surface area contributed by atoms with E-state index in [2.05, 4.69) is 31.4 Å². The Morgan fingerprint density at radius 3 is 2.84 bits per heavy atom. The highest BCUT2D eigenvalue weighted by molar-refractivity contribution is 5.99. The molecule has 1 nitrogen and oxygen atoms in total. The second-order valence-electron chi connectivity index (χ2n) is 4.73. The minimum Gasteiger partial charge on any atom is -0.290 e. The van der Waals surface area contributed by atoms with Crippen LogP contribution in [0.2, 0.25) is 0 Å². The second kappa shape index (κ2) is 6.14. The molecule has 2 rings (SSSR count). The van der Waals surface area contributed by atoms with Crippen molar-refractivity contribution in [3.8, 4) is 0 Å². The normalized spacial score (nSPS) is 25.3. The summed E-state index contributed by atoms with van der Waals surface area (Å²) in [5, 5.41) is 0. The van der Waals surface area contributed by atoms with E-state index in [1.165, 1.54) is 12.0 Å². The molecule has 2 unspecified atom stereocenters. The van der Waals surface area contributed by atoms with Crippen molar-refractivity contribution in [2.45, 2.75) is 6.42 Å². The van der Waals surface area contributed by atoms with Crippen molar-refractivity contribution in [3.05, 3.63) is 85.1 Å². The van der Waals surface area contributed by atoms with Gasteiger partial charge in [-0.25, -0.2) is 0 Å². The summed E-state index contributed by atoms with van der Waals surface area (Å²) in [6.45, 7) is 7.29. The lowest BCUT2D eigenvalue weighted by Gasteiger charge is -2.01. The summed E-state index contributed by atoms with van der Waals surface area (Å²) in [6.07, 6.45) is 19.7. The van der Waals surface area contributed by atoms with Crippen LogP contribution in [0.5, 0.6) is 0 Å². The number of rotatable bonds is 6. The Morgan fingerprint density at radius 2 is 2.11 bits per heavy atom. The highest BCUT2D eigenvalue weighted by atomic mass is 16.1. The maximum atomic E-state index is 11.7. The SMILES string of the molecule is C=C/C=C(C=C)/C=C/C(=O)/C=C/C1=CC=CC2CC12. The largest absolute Gasteiger partial charge is 0.290 e. The predicted octanol–water partition coefficient (Wildman–Crippen LogP) is 4.10. The topological polar surface area (TPSA) is 17.1 Å². The van der Waals surface area contributed by atoms with Crippen LogP contribution in [0.15, 0.2) is 85.1 Å². The third-order valence-corrected chi connectivity index (χ3v) is 3.34. The van der Waals surface area contributed by atoms with Gasteiger partial charge in [-0.15, -0.1) is 0 Å². The molecular formula is C18H18O. The average Bonchev–Trinajstić information content (AvgIpc) is 3.20. The van der Waals surface area contributed by atoms with Gasteiger partial charge in [0.25, 0.3) is 0 Å². The number of ketones is 1. The number of carbonyl (C=O) groups is 1. The molecule has 2 aliphatic rings. The molecule has 1 heteroatoms. The van der Waals surface area contributed by atoms with Gasteiger partial charge in [0.15, 0.2) is 5.78 Å². The minimum absolute atomic E-state index is 0.00975. The lowest BCUT2D eigenvalue weighted by Crippen LogP contribution is -1.91. The zero-order valence-corrected chi connectivity index (χ0v) is 11.0. The molecule has 96 valence electrons. The lowest BCUT2D eigenvalue weighted by molar-refractivity contribution is -0.110. The predicted molar refractivity (Wildman–Crippen MR) is 80.6 cm³/mol. The Kier molecular flexibility index (Phi) is 4.30. The van der Waals surface area contributed by atoms with Crippen molar-refractivity contribution in [1.29, 1.82) is 0 Å². The van der Waals surface area contributed by atoms with E-state index < -0.39 is 0 Å². The fourth-order valence-electron chi connectivity index (χ4n) is 2.16. The van der Waals surface area contributed by atoms with E-state index in [-0.39, 0.29) is 5.78 Å². The van der Waals surface area contributed by atoms with Crippen LogP contribution in [0.1, 0.15) is 6.42 Å². The Labute approximate surface area is 114 Å². The number of allylic oxidation sites excluding steroid dienone is 12. The number of fused-ring (bicyclic) bond motifs is 1. The molecule has 0 amide bonds. The summed E-state index contributed by atoms with van der Waals surface area (Å²) in [6, 6.07) is 0. The molecule has 0 aromatic heterocycles. The highest BCUT2D eigenvalue weighted by Gasteiger charge is 2.37. The molecule has 0 saturated heterocycles. The summed E-state index contributed by atoms with van der Waals surface area (Å²) in [5.41, 5.74) is 2.14. The first-order chi connectivity index (χ1) is 9.24. The Bertz CT molecular complexity index is 538. The van der Waals surface area contributed by atoms with Crippen LogP contribution in [-0.2, 0) is 4.79 Å². The van der Waals surface area contributed by atoms with Crippen molar-refractivity contribution in [2.24, 2.45) is 11.8 Å². The maximum Gasteiger partial charge on any atom is 0.178 e. The van der Waals surface area contributed by atoms with E-state index in [4.69, 9.17) is 0 Å². The van der Waals surface area contributed by atoms with Crippen molar-refractivity contribution < 1.29 is 4.79 Å². The van der Waals surface area contributed by atoms with Gasteiger partial charge in [-0.05, 0) is 41.6 Å². The van der Waals surface area contributed by atoms with Crippen molar-refractivity contribution in [1.82, 2.24) is 0 Å². The van der Waals surface area contributed by atoms with Gasteiger partial charge in [0.1, 0.15) is 0 Å². The fraction of sp³-hybridized carbons (Fsp3) is 0.167. The molecule has 1 saturated carbocycles. The molecule has 1 fully saturated rings. The Hall–Kier alpha value is -2.15. The van der Waals surface area contributed by atoms with Crippen LogP contribution in [0.4, 0.5) is 0 Å². The van der Waals surface area contributed by atoms with E-state index in [9.17, 15) is 4.79 Å². The average molecular weight is 250 g/mol. The summed E-state index contributed by atoms with van der Waals surface area (Å²) in [4.78, 5) is 11.7. The zero-order chi connectivity index (χ0) is 13.7. The van der Waals surface area contributed by atoms with Gasteiger partial charge in [-0.1, -0.05) is 61.8 Å². The molecular weight excluding hydrogens is 232 g/mol. The Balaban J connectivity index is 1.94. The molecule has 0 aliphatic heterocycles. The van der Waals surface area contributed by atoms with Crippen molar-refractivity contribution >= 4 is 5.78 Å². The van der Waals surface area contributed by atoms with E-state index >= 15 is 0 Å². The summed E-state index contributed by atoms with van der Waals surface area (Å²) < 4.78 is 0. The molecule has 0 aromatic rings. The van der Waals surface area contributed by atoms with E-state index in [0.29, 0.717) is 11.8 Å². The van der Waals surface area contributed by atoms with Crippen molar-refractivity contribution in [2.75, 3.05) is 0 Å². The highest BCUT2D eigenvalue weighted by Crippen LogP contribution is 2.47. The first-order valence-corrected chi connectivity index (χ1v) is 6.48. The van der Waals surface area contributed by atoms with Crippen molar-refractivity contribution in [3.63, 3.8) is 0 Å². The summed E-state index contributed by atoms with van der Waals surface area (Å²) in [7, 11) is 0. The van der Waals surface area contributed by atoms with Crippen LogP contribution < -0.4 is 0 Å². The van der Waals surface area contributed by atoms with Crippen LogP contribution in [-0.4, -0.2) is 5.78 Å². The molecule has 0 radical (unpaired) electrons. The van der Waals surface area contributed by atoms with Gasteiger partial charge in [-0.3, -0.25) is 4.79 Å². The van der Waals surface area contributed by atoms with E-state index in [1.54, 1.807) is 30.4 Å². The molecule has 2 aliphatic carbocycles. The molecule has 19 heavy (non-hydrogen) atoms. The van der Waals surface area contributed by atoms with Gasteiger partial charge < -0.3 is 0 Å². The van der Waals surface area contributed by atoms with Gasteiger partial charge in [0.05, 0.1) is 0 Å². The maximum absolute atomic E-state index is 11.7. The molecule has 0 aromatic carbocycles. The second-order valence-corrected chi connectivity index (χ2v) is 4.73. The minimum atomic E-state index is -0.00975. The van der Waals surface area contributed by atoms with E-state index in [0.717, 1.165) is 5.57 Å². The van der Waals surface area contributed by atoms with Crippen LogP contribution >= 0.6 is 0 Å². The first kappa shape index (κ1) is 13.3. The van der Waals surface area contributed by atoms with Gasteiger partial charge in [0, 0.05) is 0 Å². The first-order valence-electron chi connectivity index (χ1n) is 6.48. The standard InChI is InChI=1S/C18H18O/c1-3-6-14(4-2)9-11-17(19)12-10-15-7-5-8-16-13-18(15)16/h3-12,16,18H,1-2,13H2/b11-9+,12-10+,14-6+. The van der Waals surface area contributed by atoms with Gasteiger partial charge in [-0.2, -0.15) is 0 Å². The smallest absolute Gasteiger partial charge is 0.178 e. The monoisotopic (exact) mass is 250 g/mol. The third kappa shape index (κ3) is 3.65. The quantitative estimate of drug-likeness (QED) is 0.512. The summed E-state index contributed by atoms with van der Waals surface area (Å²) in [5.74, 6) is 1.34. The summed E-state index contributed by atoms with van der Waals surface area (Å²) >= 11 is 0. The number of hydrogen-bond donors (Lipinski definition) is 0. The van der Waals surface area contributed by atoms with Crippen LogP contribution in [0.25, 0.3) is 0 Å². The Morgan fingerprint density at radius 1 is 1.26 bits per heavy atom. The van der Waals surface area contributed by atoms with Gasteiger partial charge in [0.2, 0.25) is 0 Å². The molecule has 0 spiro atoms. The third-order valence-electron chi connectivity index (χ3n) is 3.34. The van der Waals surface area contributed by atoms with Crippen LogP contribution in [0, 0.1) is 11.8 Å². The molecule has 2 atom stereocenters. The molecule has 0 heterocycles. The van der Waals surface area contributed by atoms with E-state index in [1.807, 2.05) is 12.2 Å². The zero-order valence-electron chi connectivity index (χ0n) is 11.0. The van der Waals surface area contributed by atoms with Gasteiger partial charge >= 0.3 is 0 Å². The lowest BCUT2D eigenvalue weighted by atomic mass is 10.0. The fourth-order valence-corrected chi connectivity index (χ4v) is 2.16. The number of hydrogen-bond acceptors (Lipinski definition) is 1.